The number of hydrogen-bond donors (Lipinski definition) is 1. The molecule has 0 spiro atoms. The Bertz CT molecular complexity index is 624. The van der Waals surface area contributed by atoms with Gasteiger partial charge >= 0.3 is 6.36 Å². The molecule has 130 valence electrons. The third kappa shape index (κ3) is 5.77. The number of ether oxygens (including phenoxy) is 2. The molecule has 0 bridgehead atoms. The first-order valence-electron chi connectivity index (χ1n) is 7.57. The zero-order valence-corrected chi connectivity index (χ0v) is 13.6. The van der Waals surface area contributed by atoms with Crippen LogP contribution in [0.15, 0.2) is 48.5 Å². The minimum atomic E-state index is -4.66. The lowest BCUT2D eigenvalue weighted by atomic mass is 10.0. The molecular formula is C18H20F3NO2. The highest BCUT2D eigenvalue weighted by atomic mass is 19.4. The number of alkyl halides is 3. The maximum atomic E-state index is 12.1. The van der Waals surface area contributed by atoms with Gasteiger partial charge in [-0.25, -0.2) is 0 Å². The van der Waals surface area contributed by atoms with Gasteiger partial charge in [-0.05, 0) is 41.3 Å². The van der Waals surface area contributed by atoms with E-state index in [-0.39, 0.29) is 5.75 Å². The van der Waals surface area contributed by atoms with Crippen LogP contribution >= 0.6 is 0 Å². The number of benzene rings is 2. The summed E-state index contributed by atoms with van der Waals surface area (Å²) in [5.74, 6) is 0.918. The topological polar surface area (TPSA) is 30.5 Å². The summed E-state index contributed by atoms with van der Waals surface area (Å²) >= 11 is 0. The Morgan fingerprint density at radius 1 is 0.958 bits per heavy atom. The number of hydrogen-bond acceptors (Lipinski definition) is 3. The molecule has 0 amide bonds. The van der Waals surface area contributed by atoms with Crippen LogP contribution in [0.1, 0.15) is 24.0 Å². The second-order valence-electron chi connectivity index (χ2n) is 5.50. The summed E-state index contributed by atoms with van der Waals surface area (Å²) in [7, 11) is 1.63. The first kappa shape index (κ1) is 18.1. The van der Waals surface area contributed by atoms with Gasteiger partial charge in [0.05, 0.1) is 7.11 Å². The molecule has 1 N–H and O–H groups in total. The maximum absolute atomic E-state index is 12.1. The maximum Gasteiger partial charge on any atom is 0.573 e. The Balaban J connectivity index is 1.80. The predicted octanol–water partition coefficient (Wildman–Crippen LogP) is 4.49. The van der Waals surface area contributed by atoms with Gasteiger partial charge in [-0.1, -0.05) is 31.2 Å². The first-order valence-corrected chi connectivity index (χ1v) is 7.57. The molecule has 24 heavy (non-hydrogen) atoms. The highest BCUT2D eigenvalue weighted by molar-refractivity contribution is 5.29. The van der Waals surface area contributed by atoms with Crippen molar-refractivity contribution in [3.63, 3.8) is 0 Å². The van der Waals surface area contributed by atoms with Crippen molar-refractivity contribution in [2.45, 2.75) is 25.7 Å². The van der Waals surface area contributed by atoms with Crippen LogP contribution < -0.4 is 14.8 Å². The Morgan fingerprint density at radius 3 is 2.08 bits per heavy atom. The average molecular weight is 339 g/mol. The van der Waals surface area contributed by atoms with Crippen LogP contribution in [-0.4, -0.2) is 20.0 Å². The van der Waals surface area contributed by atoms with Crippen LogP contribution in [0.25, 0.3) is 0 Å². The van der Waals surface area contributed by atoms with E-state index in [0.29, 0.717) is 12.5 Å². The van der Waals surface area contributed by atoms with E-state index in [4.69, 9.17) is 4.74 Å². The molecule has 0 fully saturated rings. The monoisotopic (exact) mass is 339 g/mol. The largest absolute Gasteiger partial charge is 0.573 e. The smallest absolute Gasteiger partial charge is 0.497 e. The van der Waals surface area contributed by atoms with E-state index >= 15 is 0 Å². The molecule has 0 saturated heterocycles. The SMILES string of the molecule is COc1ccc(C(C)CNCc2ccc(OC(F)(F)F)cc2)cc1. The molecule has 0 aromatic heterocycles. The molecule has 2 aromatic carbocycles. The van der Waals surface area contributed by atoms with Crippen molar-refractivity contribution in [2.24, 2.45) is 0 Å². The molecule has 2 aromatic rings. The second kappa shape index (κ2) is 8.06. The third-order valence-electron chi connectivity index (χ3n) is 3.62. The Hall–Kier alpha value is -2.21. The van der Waals surface area contributed by atoms with E-state index in [0.717, 1.165) is 17.9 Å². The van der Waals surface area contributed by atoms with Gasteiger partial charge in [0.2, 0.25) is 0 Å². The fourth-order valence-electron chi connectivity index (χ4n) is 2.29. The zero-order chi connectivity index (χ0) is 17.6. The highest BCUT2D eigenvalue weighted by Crippen LogP contribution is 2.23. The number of halogens is 3. The van der Waals surface area contributed by atoms with Crippen LogP contribution in [0, 0.1) is 0 Å². The normalized spacial score (nSPS) is 12.7. The van der Waals surface area contributed by atoms with Gasteiger partial charge < -0.3 is 14.8 Å². The van der Waals surface area contributed by atoms with Gasteiger partial charge in [-0.3, -0.25) is 0 Å². The lowest BCUT2D eigenvalue weighted by molar-refractivity contribution is -0.274. The van der Waals surface area contributed by atoms with E-state index < -0.39 is 6.36 Å². The van der Waals surface area contributed by atoms with Gasteiger partial charge in [0, 0.05) is 13.1 Å². The summed E-state index contributed by atoms with van der Waals surface area (Å²) in [6.07, 6.45) is -4.66. The van der Waals surface area contributed by atoms with Crippen LogP contribution in [0.5, 0.6) is 11.5 Å². The molecule has 1 atom stereocenters. The van der Waals surface area contributed by atoms with Crippen molar-refractivity contribution in [2.75, 3.05) is 13.7 Å². The Labute approximate surface area is 139 Å². The number of methoxy groups -OCH3 is 1. The molecule has 0 aliphatic rings. The van der Waals surface area contributed by atoms with E-state index in [2.05, 4.69) is 17.0 Å². The highest BCUT2D eigenvalue weighted by Gasteiger charge is 2.30. The summed E-state index contributed by atoms with van der Waals surface area (Å²) < 4.78 is 45.3. The summed E-state index contributed by atoms with van der Waals surface area (Å²) in [4.78, 5) is 0. The van der Waals surface area contributed by atoms with Crippen LogP contribution in [0.4, 0.5) is 13.2 Å². The Kier molecular flexibility index (Phi) is 6.09. The first-order chi connectivity index (χ1) is 11.4. The fraction of sp³-hybridized carbons (Fsp3) is 0.333. The van der Waals surface area contributed by atoms with Crippen molar-refractivity contribution >= 4 is 0 Å². The minimum absolute atomic E-state index is 0.210. The number of nitrogens with one attached hydrogen (secondary N) is 1. The summed E-state index contributed by atoms with van der Waals surface area (Å²) in [6, 6.07) is 13.8. The molecule has 3 nitrogen and oxygen atoms in total. The lowest BCUT2D eigenvalue weighted by Gasteiger charge is -2.14. The minimum Gasteiger partial charge on any atom is -0.497 e. The summed E-state index contributed by atoms with van der Waals surface area (Å²) in [5, 5.41) is 3.30. The van der Waals surface area contributed by atoms with E-state index in [1.165, 1.54) is 17.7 Å². The fourth-order valence-corrected chi connectivity index (χ4v) is 2.29. The molecule has 0 aliphatic heterocycles. The van der Waals surface area contributed by atoms with E-state index in [1.54, 1.807) is 19.2 Å². The lowest BCUT2D eigenvalue weighted by Crippen LogP contribution is -2.20. The van der Waals surface area contributed by atoms with E-state index in [1.807, 2.05) is 24.3 Å². The number of rotatable bonds is 7. The van der Waals surface area contributed by atoms with Crippen LogP contribution in [-0.2, 0) is 6.54 Å². The Morgan fingerprint density at radius 2 is 1.54 bits per heavy atom. The van der Waals surface area contributed by atoms with Crippen molar-refractivity contribution in [1.82, 2.24) is 5.32 Å². The molecule has 2 rings (SSSR count). The molecular weight excluding hydrogens is 319 g/mol. The van der Waals surface area contributed by atoms with Gasteiger partial charge in [0.25, 0.3) is 0 Å². The van der Waals surface area contributed by atoms with Gasteiger partial charge in [0.1, 0.15) is 11.5 Å². The van der Waals surface area contributed by atoms with Gasteiger partial charge in [-0.15, -0.1) is 13.2 Å². The van der Waals surface area contributed by atoms with Crippen molar-refractivity contribution in [1.29, 1.82) is 0 Å². The summed E-state index contributed by atoms with van der Waals surface area (Å²) in [6.45, 7) is 3.44. The quantitative estimate of drug-likeness (QED) is 0.806. The molecule has 0 saturated carbocycles. The average Bonchev–Trinajstić information content (AvgIpc) is 2.55. The second-order valence-corrected chi connectivity index (χ2v) is 5.50. The van der Waals surface area contributed by atoms with Gasteiger partial charge in [-0.2, -0.15) is 0 Å². The molecule has 0 aliphatic carbocycles. The van der Waals surface area contributed by atoms with Gasteiger partial charge in [0.15, 0.2) is 0 Å². The standard InChI is InChI=1S/C18H20F3NO2/c1-13(15-5-9-16(23-2)10-6-15)11-22-12-14-3-7-17(8-4-14)24-18(19,20)21/h3-10,13,22H,11-12H2,1-2H3. The molecule has 0 heterocycles. The van der Waals surface area contributed by atoms with Crippen molar-refractivity contribution < 1.29 is 22.6 Å². The van der Waals surface area contributed by atoms with Crippen molar-refractivity contribution in [3.8, 4) is 11.5 Å². The molecule has 0 radical (unpaired) electrons. The zero-order valence-electron chi connectivity index (χ0n) is 13.6. The van der Waals surface area contributed by atoms with E-state index in [9.17, 15) is 13.2 Å². The summed E-state index contributed by atoms with van der Waals surface area (Å²) in [5.41, 5.74) is 2.09. The predicted molar refractivity (Wildman–Crippen MR) is 86.2 cm³/mol. The van der Waals surface area contributed by atoms with Crippen molar-refractivity contribution in [3.05, 3.63) is 59.7 Å². The molecule has 1 unspecified atom stereocenters. The van der Waals surface area contributed by atoms with Crippen LogP contribution in [0.3, 0.4) is 0 Å². The molecule has 6 heteroatoms. The van der Waals surface area contributed by atoms with Crippen LogP contribution in [0.2, 0.25) is 0 Å². The third-order valence-corrected chi connectivity index (χ3v) is 3.62.